The van der Waals surface area contributed by atoms with Gasteiger partial charge in [-0.05, 0) is 24.3 Å². The van der Waals surface area contributed by atoms with Crippen LogP contribution in [0.2, 0.25) is 0 Å². The van der Waals surface area contributed by atoms with Gasteiger partial charge in [-0.1, -0.05) is 0 Å². The zero-order chi connectivity index (χ0) is 12.5. The van der Waals surface area contributed by atoms with Gasteiger partial charge in [-0.25, -0.2) is 13.1 Å². The molecule has 0 saturated carbocycles. The minimum absolute atomic E-state index is 0.00154. The summed E-state index contributed by atoms with van der Waals surface area (Å²) in [6.07, 6.45) is 0.150. The van der Waals surface area contributed by atoms with E-state index in [1.54, 1.807) is 0 Å². The Balaban J connectivity index is 2.14. The van der Waals surface area contributed by atoms with Gasteiger partial charge < -0.3 is 10.4 Å². The van der Waals surface area contributed by atoms with Gasteiger partial charge in [0.1, 0.15) is 5.75 Å². The number of hydrogen-bond acceptors (Lipinski definition) is 4. The summed E-state index contributed by atoms with van der Waals surface area (Å²) < 4.78 is 26.2. The first-order valence-corrected chi connectivity index (χ1v) is 6.54. The van der Waals surface area contributed by atoms with E-state index in [1.165, 1.54) is 24.3 Å². The topological polar surface area (TPSA) is 95.5 Å². The molecule has 0 spiro atoms. The van der Waals surface area contributed by atoms with Gasteiger partial charge in [0, 0.05) is 19.0 Å². The number of phenolic OH excluding ortho intramolecular Hbond substituents is 1. The van der Waals surface area contributed by atoms with E-state index in [9.17, 15) is 13.2 Å². The van der Waals surface area contributed by atoms with Crippen molar-refractivity contribution in [2.24, 2.45) is 0 Å². The van der Waals surface area contributed by atoms with Crippen molar-refractivity contribution in [2.45, 2.75) is 17.4 Å². The molecular weight excluding hydrogens is 244 g/mol. The molecule has 1 unspecified atom stereocenters. The van der Waals surface area contributed by atoms with Gasteiger partial charge in [0.2, 0.25) is 15.9 Å². The molecular formula is C10H12N2O4S. The first kappa shape index (κ1) is 11.9. The maximum absolute atomic E-state index is 11.9. The van der Waals surface area contributed by atoms with Crippen molar-refractivity contribution >= 4 is 15.9 Å². The Labute approximate surface area is 98.7 Å². The van der Waals surface area contributed by atoms with E-state index in [2.05, 4.69) is 10.0 Å². The number of amides is 1. The molecule has 7 heteroatoms. The molecule has 1 saturated heterocycles. The number of carbonyl (C=O) groups excluding carboxylic acids is 1. The van der Waals surface area contributed by atoms with Crippen LogP contribution in [0.1, 0.15) is 6.42 Å². The van der Waals surface area contributed by atoms with Crippen LogP contribution in [0.5, 0.6) is 5.75 Å². The van der Waals surface area contributed by atoms with Gasteiger partial charge in [0.05, 0.1) is 4.90 Å². The molecule has 92 valence electrons. The fourth-order valence-corrected chi connectivity index (χ4v) is 2.84. The van der Waals surface area contributed by atoms with E-state index in [4.69, 9.17) is 5.11 Å². The third kappa shape index (κ3) is 2.75. The SMILES string of the molecule is O=C1CC(NS(=O)(=O)c2ccc(O)cc2)CN1. The van der Waals surface area contributed by atoms with Crippen LogP contribution >= 0.6 is 0 Å². The number of rotatable bonds is 3. The lowest BCUT2D eigenvalue weighted by Gasteiger charge is -2.11. The Kier molecular flexibility index (Phi) is 3.03. The second-order valence-corrected chi connectivity index (χ2v) is 5.53. The molecule has 1 heterocycles. The zero-order valence-electron chi connectivity index (χ0n) is 8.88. The molecule has 1 aliphatic heterocycles. The highest BCUT2D eigenvalue weighted by Crippen LogP contribution is 2.15. The Morgan fingerprint density at radius 2 is 1.94 bits per heavy atom. The summed E-state index contributed by atoms with van der Waals surface area (Å²) in [5, 5.41) is 11.6. The van der Waals surface area contributed by atoms with Crippen LogP contribution in [0, 0.1) is 0 Å². The fraction of sp³-hybridized carbons (Fsp3) is 0.300. The molecule has 0 aromatic heterocycles. The fourth-order valence-electron chi connectivity index (χ4n) is 1.60. The second kappa shape index (κ2) is 4.34. The number of carbonyl (C=O) groups is 1. The van der Waals surface area contributed by atoms with Crippen molar-refractivity contribution < 1.29 is 18.3 Å². The normalized spacial score (nSPS) is 20.2. The number of aromatic hydroxyl groups is 1. The summed E-state index contributed by atoms with van der Waals surface area (Å²) in [4.78, 5) is 11.0. The van der Waals surface area contributed by atoms with E-state index < -0.39 is 16.1 Å². The summed E-state index contributed by atoms with van der Waals surface area (Å²) in [5.41, 5.74) is 0. The van der Waals surface area contributed by atoms with Gasteiger partial charge in [0.15, 0.2) is 0 Å². The van der Waals surface area contributed by atoms with E-state index >= 15 is 0 Å². The summed E-state index contributed by atoms with van der Waals surface area (Å²) in [6, 6.07) is 4.80. The number of hydrogen-bond donors (Lipinski definition) is 3. The number of sulfonamides is 1. The second-order valence-electron chi connectivity index (χ2n) is 3.82. The Hall–Kier alpha value is -1.60. The van der Waals surface area contributed by atoms with E-state index in [0.29, 0.717) is 6.54 Å². The molecule has 1 aliphatic rings. The average molecular weight is 256 g/mol. The molecule has 1 aromatic rings. The van der Waals surface area contributed by atoms with Crippen LogP contribution < -0.4 is 10.0 Å². The van der Waals surface area contributed by atoms with Crippen LogP contribution in [-0.4, -0.2) is 32.0 Å². The maximum Gasteiger partial charge on any atom is 0.240 e. The van der Waals surface area contributed by atoms with Crippen molar-refractivity contribution in [3.05, 3.63) is 24.3 Å². The zero-order valence-corrected chi connectivity index (χ0v) is 9.70. The van der Waals surface area contributed by atoms with Crippen LogP contribution in [0.4, 0.5) is 0 Å². The van der Waals surface area contributed by atoms with Crippen molar-refractivity contribution in [3.63, 3.8) is 0 Å². The molecule has 0 radical (unpaired) electrons. The summed E-state index contributed by atoms with van der Waals surface area (Å²) in [5.74, 6) is -0.162. The molecule has 2 rings (SSSR count). The molecule has 1 amide bonds. The van der Waals surface area contributed by atoms with Crippen LogP contribution in [-0.2, 0) is 14.8 Å². The summed E-state index contributed by atoms with van der Waals surface area (Å²) in [7, 11) is -3.64. The standard InChI is InChI=1S/C10H12N2O4S/c13-8-1-3-9(4-2-8)17(15,16)12-7-5-10(14)11-6-7/h1-4,7,12-13H,5-6H2,(H,11,14). The van der Waals surface area contributed by atoms with Crippen LogP contribution in [0.25, 0.3) is 0 Å². The predicted molar refractivity (Wildman–Crippen MR) is 59.8 cm³/mol. The molecule has 3 N–H and O–H groups in total. The first-order valence-electron chi connectivity index (χ1n) is 5.05. The van der Waals surface area contributed by atoms with Gasteiger partial charge in [0.25, 0.3) is 0 Å². The first-order chi connectivity index (χ1) is 7.97. The third-order valence-electron chi connectivity index (χ3n) is 2.45. The summed E-state index contributed by atoms with van der Waals surface area (Å²) in [6.45, 7) is 0.302. The maximum atomic E-state index is 11.9. The Morgan fingerprint density at radius 3 is 2.47 bits per heavy atom. The summed E-state index contributed by atoms with van der Waals surface area (Å²) >= 11 is 0. The molecule has 1 aromatic carbocycles. The van der Waals surface area contributed by atoms with Crippen LogP contribution in [0.3, 0.4) is 0 Å². The van der Waals surface area contributed by atoms with E-state index in [1.807, 2.05) is 0 Å². The number of nitrogens with one attached hydrogen (secondary N) is 2. The van der Waals surface area contributed by atoms with Gasteiger partial charge in [-0.2, -0.15) is 0 Å². The van der Waals surface area contributed by atoms with Gasteiger partial charge >= 0.3 is 0 Å². The number of phenols is 1. The smallest absolute Gasteiger partial charge is 0.240 e. The van der Waals surface area contributed by atoms with Crippen molar-refractivity contribution in [1.82, 2.24) is 10.0 Å². The van der Waals surface area contributed by atoms with Crippen LogP contribution in [0.15, 0.2) is 29.2 Å². The van der Waals surface area contributed by atoms with E-state index in [-0.39, 0.29) is 23.0 Å². The van der Waals surface area contributed by atoms with Gasteiger partial charge in [-0.15, -0.1) is 0 Å². The molecule has 1 atom stereocenters. The molecule has 17 heavy (non-hydrogen) atoms. The van der Waals surface area contributed by atoms with E-state index in [0.717, 1.165) is 0 Å². The highest BCUT2D eigenvalue weighted by Gasteiger charge is 2.26. The molecule has 0 bridgehead atoms. The minimum Gasteiger partial charge on any atom is -0.508 e. The highest BCUT2D eigenvalue weighted by atomic mass is 32.2. The van der Waals surface area contributed by atoms with Crippen molar-refractivity contribution in [1.29, 1.82) is 0 Å². The van der Waals surface area contributed by atoms with Crippen molar-refractivity contribution in [2.75, 3.05) is 6.54 Å². The molecule has 1 fully saturated rings. The van der Waals surface area contributed by atoms with Gasteiger partial charge in [-0.3, -0.25) is 4.79 Å². The monoisotopic (exact) mass is 256 g/mol. The third-order valence-corrected chi connectivity index (χ3v) is 3.98. The Morgan fingerprint density at radius 1 is 1.29 bits per heavy atom. The lowest BCUT2D eigenvalue weighted by Crippen LogP contribution is -2.36. The highest BCUT2D eigenvalue weighted by molar-refractivity contribution is 7.89. The predicted octanol–water partition coefficient (Wildman–Crippen LogP) is -0.441. The minimum atomic E-state index is -3.64. The quantitative estimate of drug-likeness (QED) is 0.683. The number of benzene rings is 1. The molecule has 0 aliphatic carbocycles. The largest absolute Gasteiger partial charge is 0.508 e. The lowest BCUT2D eigenvalue weighted by atomic mass is 10.3. The Bertz CT molecular complexity index is 524. The molecule has 6 nitrogen and oxygen atoms in total. The average Bonchev–Trinajstić information content (AvgIpc) is 2.63. The lowest BCUT2D eigenvalue weighted by molar-refractivity contribution is -0.119. The van der Waals surface area contributed by atoms with Crippen molar-refractivity contribution in [3.8, 4) is 5.75 Å².